The lowest BCUT2D eigenvalue weighted by Gasteiger charge is -2.24. The van der Waals surface area contributed by atoms with E-state index in [0.717, 1.165) is 25.9 Å². The zero-order valence-electron chi connectivity index (χ0n) is 15.8. The maximum absolute atomic E-state index is 12.5. The van der Waals surface area contributed by atoms with Crippen LogP contribution in [0.3, 0.4) is 0 Å². The van der Waals surface area contributed by atoms with Crippen LogP contribution < -0.4 is 9.47 Å². The van der Waals surface area contributed by atoms with Crippen LogP contribution in [-0.4, -0.2) is 49.4 Å². The Hall–Kier alpha value is -2.54. The second kappa shape index (κ2) is 9.41. The molecular formula is C20H26N2O5. The van der Waals surface area contributed by atoms with Crippen LogP contribution in [0.1, 0.15) is 41.9 Å². The highest BCUT2D eigenvalue weighted by molar-refractivity contribution is 5.92. The molecule has 0 N–H and O–H groups in total. The molecule has 1 aliphatic heterocycles. The Kier molecular flexibility index (Phi) is 6.70. The molecule has 0 radical (unpaired) electrons. The molecule has 1 saturated heterocycles. The van der Waals surface area contributed by atoms with Gasteiger partial charge in [0.25, 0.3) is 5.91 Å². The lowest BCUT2D eigenvalue weighted by Crippen LogP contribution is -2.31. The molecule has 7 nitrogen and oxygen atoms in total. The molecule has 0 spiro atoms. The summed E-state index contributed by atoms with van der Waals surface area (Å²) in [5.41, 5.74) is 0.278. The predicted molar refractivity (Wildman–Crippen MR) is 99.0 cm³/mol. The minimum atomic E-state index is -0.168. The molecule has 2 aromatic rings. The first-order chi connectivity index (χ1) is 13.2. The van der Waals surface area contributed by atoms with Crippen LogP contribution in [-0.2, 0) is 11.3 Å². The van der Waals surface area contributed by atoms with Crippen LogP contribution >= 0.6 is 0 Å². The van der Waals surface area contributed by atoms with Crippen LogP contribution in [0.5, 0.6) is 11.5 Å². The van der Waals surface area contributed by atoms with Gasteiger partial charge >= 0.3 is 0 Å². The van der Waals surface area contributed by atoms with E-state index in [2.05, 4.69) is 5.16 Å². The van der Waals surface area contributed by atoms with E-state index in [0.29, 0.717) is 23.8 Å². The third-order valence-electron chi connectivity index (χ3n) is 4.62. The Morgan fingerprint density at radius 1 is 1.30 bits per heavy atom. The number of methoxy groups -OCH3 is 1. The van der Waals surface area contributed by atoms with Gasteiger partial charge in [-0.3, -0.25) is 4.79 Å². The van der Waals surface area contributed by atoms with E-state index in [4.69, 9.17) is 18.7 Å². The fraction of sp³-hybridized carbons (Fsp3) is 0.500. The van der Waals surface area contributed by atoms with Crippen molar-refractivity contribution in [2.45, 2.75) is 38.4 Å². The van der Waals surface area contributed by atoms with Crippen molar-refractivity contribution in [3.05, 3.63) is 41.8 Å². The van der Waals surface area contributed by atoms with Gasteiger partial charge in [0.1, 0.15) is 6.61 Å². The minimum absolute atomic E-state index is 0.167. The molecule has 1 aliphatic rings. The van der Waals surface area contributed by atoms with Gasteiger partial charge in [-0.15, -0.1) is 0 Å². The number of amides is 1. The standard InChI is InChI=1S/C20H26N2O5/c1-22(11-10-15-7-5-6-12-25-15)20(23)17-13-16(27-21-17)14-26-19-9-4-3-8-18(19)24-2/h3-4,8-9,13,15H,5-7,10-12,14H2,1-2H3/t15-/m0/s1. The fourth-order valence-electron chi connectivity index (χ4n) is 3.04. The van der Waals surface area contributed by atoms with Crippen molar-refractivity contribution in [3.63, 3.8) is 0 Å². The molecule has 3 rings (SSSR count). The average Bonchev–Trinajstić information content (AvgIpc) is 3.20. The summed E-state index contributed by atoms with van der Waals surface area (Å²) < 4.78 is 21.9. The summed E-state index contributed by atoms with van der Waals surface area (Å²) in [6, 6.07) is 8.96. The van der Waals surface area contributed by atoms with E-state index < -0.39 is 0 Å². The molecule has 0 unspecified atom stereocenters. The summed E-state index contributed by atoms with van der Waals surface area (Å²) in [6.45, 7) is 1.62. The number of para-hydroxylation sites is 2. The number of carbonyl (C=O) groups is 1. The van der Waals surface area contributed by atoms with Crippen molar-refractivity contribution in [2.24, 2.45) is 0 Å². The second-order valence-corrected chi connectivity index (χ2v) is 6.62. The van der Waals surface area contributed by atoms with Gasteiger partial charge in [-0.25, -0.2) is 0 Å². The van der Waals surface area contributed by atoms with Gasteiger partial charge in [-0.2, -0.15) is 0 Å². The Morgan fingerprint density at radius 3 is 2.85 bits per heavy atom. The van der Waals surface area contributed by atoms with E-state index in [9.17, 15) is 4.79 Å². The number of carbonyl (C=O) groups excluding carboxylic acids is 1. The fourth-order valence-corrected chi connectivity index (χ4v) is 3.04. The Bertz CT molecular complexity index is 739. The number of aromatic nitrogens is 1. The summed E-state index contributed by atoms with van der Waals surface area (Å²) in [6.07, 6.45) is 4.47. The van der Waals surface area contributed by atoms with Gasteiger partial charge in [0.2, 0.25) is 0 Å². The van der Waals surface area contributed by atoms with Crippen LogP contribution in [0, 0.1) is 0 Å². The second-order valence-electron chi connectivity index (χ2n) is 6.62. The summed E-state index contributed by atoms with van der Waals surface area (Å²) in [5.74, 6) is 1.55. The lowest BCUT2D eigenvalue weighted by molar-refractivity contribution is 0.00703. The largest absolute Gasteiger partial charge is 0.493 e. The van der Waals surface area contributed by atoms with E-state index in [1.807, 2.05) is 24.3 Å². The maximum Gasteiger partial charge on any atom is 0.275 e. The Morgan fingerprint density at radius 2 is 2.11 bits per heavy atom. The monoisotopic (exact) mass is 374 g/mol. The van der Waals surface area contributed by atoms with Crippen molar-refractivity contribution in [1.29, 1.82) is 0 Å². The maximum atomic E-state index is 12.5. The SMILES string of the molecule is COc1ccccc1OCc1cc(C(=O)N(C)CC[C@@H]2CCCCO2)no1. The molecule has 146 valence electrons. The molecule has 7 heteroatoms. The highest BCUT2D eigenvalue weighted by Crippen LogP contribution is 2.26. The molecule has 27 heavy (non-hydrogen) atoms. The highest BCUT2D eigenvalue weighted by Gasteiger charge is 2.20. The van der Waals surface area contributed by atoms with Crippen LogP contribution in [0.25, 0.3) is 0 Å². The molecule has 2 heterocycles. The molecule has 0 aliphatic carbocycles. The lowest BCUT2D eigenvalue weighted by atomic mass is 10.1. The molecule has 1 aromatic carbocycles. The van der Waals surface area contributed by atoms with Gasteiger partial charge in [0.15, 0.2) is 23.0 Å². The van der Waals surface area contributed by atoms with E-state index >= 15 is 0 Å². The number of nitrogens with zero attached hydrogens (tertiary/aromatic N) is 2. The summed E-state index contributed by atoms with van der Waals surface area (Å²) in [5, 5.41) is 3.88. The molecule has 0 saturated carbocycles. The highest BCUT2D eigenvalue weighted by atomic mass is 16.5. The minimum Gasteiger partial charge on any atom is -0.493 e. The first-order valence-electron chi connectivity index (χ1n) is 9.26. The van der Waals surface area contributed by atoms with Gasteiger partial charge < -0.3 is 23.6 Å². The number of rotatable bonds is 8. The summed E-state index contributed by atoms with van der Waals surface area (Å²) >= 11 is 0. The zero-order valence-corrected chi connectivity index (χ0v) is 15.8. The van der Waals surface area contributed by atoms with Gasteiger partial charge in [0, 0.05) is 26.3 Å². The van der Waals surface area contributed by atoms with Gasteiger partial charge in [-0.05, 0) is 37.8 Å². The van der Waals surface area contributed by atoms with Crippen molar-refractivity contribution in [1.82, 2.24) is 10.1 Å². The van der Waals surface area contributed by atoms with Gasteiger partial charge in [-0.1, -0.05) is 17.3 Å². The smallest absolute Gasteiger partial charge is 0.275 e. The quantitative estimate of drug-likeness (QED) is 0.706. The van der Waals surface area contributed by atoms with E-state index in [1.54, 1.807) is 25.1 Å². The van der Waals surface area contributed by atoms with E-state index in [1.165, 1.54) is 6.42 Å². The summed E-state index contributed by atoms with van der Waals surface area (Å²) in [7, 11) is 3.35. The first-order valence-corrected chi connectivity index (χ1v) is 9.26. The average molecular weight is 374 g/mol. The molecule has 0 bridgehead atoms. The number of hydrogen-bond acceptors (Lipinski definition) is 6. The Balaban J connectivity index is 1.50. The van der Waals surface area contributed by atoms with Crippen LogP contribution in [0.15, 0.2) is 34.9 Å². The topological polar surface area (TPSA) is 74.0 Å². The third kappa shape index (κ3) is 5.23. The normalized spacial score (nSPS) is 16.7. The van der Waals surface area contributed by atoms with Crippen LogP contribution in [0.2, 0.25) is 0 Å². The third-order valence-corrected chi connectivity index (χ3v) is 4.62. The zero-order chi connectivity index (χ0) is 19.1. The summed E-state index contributed by atoms with van der Waals surface area (Å²) in [4.78, 5) is 14.2. The Labute approximate surface area is 159 Å². The van der Waals surface area contributed by atoms with Crippen molar-refractivity contribution < 1.29 is 23.5 Å². The predicted octanol–water partition coefficient (Wildman–Crippen LogP) is 3.29. The van der Waals surface area contributed by atoms with Crippen LogP contribution in [0.4, 0.5) is 0 Å². The molecule has 1 aromatic heterocycles. The molecular weight excluding hydrogens is 348 g/mol. The molecule has 1 atom stereocenters. The van der Waals surface area contributed by atoms with Crippen molar-refractivity contribution >= 4 is 5.91 Å². The van der Waals surface area contributed by atoms with Gasteiger partial charge in [0.05, 0.1) is 13.2 Å². The van der Waals surface area contributed by atoms with Crippen molar-refractivity contribution in [3.8, 4) is 11.5 Å². The number of hydrogen-bond donors (Lipinski definition) is 0. The molecule has 1 amide bonds. The first kappa shape index (κ1) is 19.2. The number of ether oxygens (including phenoxy) is 3. The molecule has 1 fully saturated rings. The van der Waals surface area contributed by atoms with Crippen molar-refractivity contribution in [2.75, 3.05) is 27.3 Å². The number of benzene rings is 1. The van der Waals surface area contributed by atoms with E-state index in [-0.39, 0.29) is 24.3 Å².